The second kappa shape index (κ2) is 5.94. The van der Waals surface area contributed by atoms with E-state index in [-0.39, 0.29) is 12.6 Å². The third-order valence-electron chi connectivity index (χ3n) is 3.56. The predicted octanol–water partition coefficient (Wildman–Crippen LogP) is 3.69. The Morgan fingerprint density at radius 1 is 1.05 bits per heavy atom. The number of fused-ring (bicyclic) bond motifs is 1. The van der Waals surface area contributed by atoms with E-state index in [4.69, 9.17) is 0 Å². The highest BCUT2D eigenvalue weighted by Crippen LogP contribution is 2.27. The van der Waals surface area contributed by atoms with Crippen molar-refractivity contribution in [3.63, 3.8) is 0 Å². The Bertz CT molecular complexity index is 741. The Hall–Kier alpha value is -2.39. The summed E-state index contributed by atoms with van der Waals surface area (Å²) < 4.78 is 0. The molecule has 0 amide bonds. The zero-order chi connectivity index (χ0) is 14.7. The summed E-state index contributed by atoms with van der Waals surface area (Å²) in [6.45, 7) is 2.02. The molecule has 3 nitrogen and oxygen atoms in total. The van der Waals surface area contributed by atoms with Crippen molar-refractivity contribution in [2.45, 2.75) is 13.0 Å². The molecule has 1 unspecified atom stereocenters. The SMILES string of the molecule is Cc1cc(NC(CO)c2ccccc2)c2ccccc2n1. The van der Waals surface area contributed by atoms with Crippen LogP contribution >= 0.6 is 0 Å². The number of aliphatic hydroxyl groups excluding tert-OH is 1. The van der Waals surface area contributed by atoms with Crippen molar-refractivity contribution in [3.05, 3.63) is 71.9 Å². The molecule has 3 aromatic rings. The van der Waals surface area contributed by atoms with Crippen molar-refractivity contribution in [2.24, 2.45) is 0 Å². The highest BCUT2D eigenvalue weighted by atomic mass is 16.3. The summed E-state index contributed by atoms with van der Waals surface area (Å²) >= 11 is 0. The molecule has 3 heteroatoms. The highest BCUT2D eigenvalue weighted by molar-refractivity contribution is 5.91. The van der Waals surface area contributed by atoms with Crippen LogP contribution < -0.4 is 5.32 Å². The van der Waals surface area contributed by atoms with Gasteiger partial charge in [-0.25, -0.2) is 0 Å². The topological polar surface area (TPSA) is 45.1 Å². The molecule has 0 aliphatic carbocycles. The second-order valence-corrected chi connectivity index (χ2v) is 5.12. The molecule has 2 N–H and O–H groups in total. The van der Waals surface area contributed by atoms with E-state index in [1.807, 2.05) is 67.6 Å². The third-order valence-corrected chi connectivity index (χ3v) is 3.56. The monoisotopic (exact) mass is 278 g/mol. The minimum atomic E-state index is -0.128. The molecule has 1 atom stereocenters. The molecule has 0 radical (unpaired) electrons. The lowest BCUT2D eigenvalue weighted by Gasteiger charge is -2.19. The number of para-hydroxylation sites is 1. The molecule has 2 aromatic carbocycles. The van der Waals surface area contributed by atoms with Crippen molar-refractivity contribution in [1.82, 2.24) is 4.98 Å². The first kappa shape index (κ1) is 13.6. The Morgan fingerprint density at radius 3 is 2.52 bits per heavy atom. The normalized spacial score (nSPS) is 12.3. The van der Waals surface area contributed by atoms with Gasteiger partial charge in [-0.05, 0) is 24.6 Å². The minimum absolute atomic E-state index is 0.0414. The lowest BCUT2D eigenvalue weighted by Crippen LogP contribution is -2.15. The van der Waals surface area contributed by atoms with Crippen molar-refractivity contribution in [3.8, 4) is 0 Å². The van der Waals surface area contributed by atoms with Gasteiger partial charge in [0.1, 0.15) is 0 Å². The highest BCUT2D eigenvalue weighted by Gasteiger charge is 2.12. The van der Waals surface area contributed by atoms with Crippen LogP contribution in [0.1, 0.15) is 17.3 Å². The van der Waals surface area contributed by atoms with Gasteiger partial charge in [0.25, 0.3) is 0 Å². The quantitative estimate of drug-likeness (QED) is 0.765. The van der Waals surface area contributed by atoms with Crippen LogP contribution in [0.2, 0.25) is 0 Å². The first-order chi connectivity index (χ1) is 10.3. The zero-order valence-corrected chi connectivity index (χ0v) is 12.0. The van der Waals surface area contributed by atoms with Gasteiger partial charge in [0, 0.05) is 16.8 Å². The molecule has 0 bridgehead atoms. The zero-order valence-electron chi connectivity index (χ0n) is 12.0. The molecule has 0 aliphatic heterocycles. The predicted molar refractivity (Wildman–Crippen MR) is 86.4 cm³/mol. The molecule has 3 rings (SSSR count). The number of aromatic nitrogens is 1. The maximum Gasteiger partial charge on any atom is 0.0745 e. The Balaban J connectivity index is 2.00. The number of benzene rings is 2. The molecule has 0 aliphatic rings. The lowest BCUT2D eigenvalue weighted by molar-refractivity contribution is 0.276. The summed E-state index contributed by atoms with van der Waals surface area (Å²) in [4.78, 5) is 4.54. The van der Waals surface area contributed by atoms with Crippen LogP contribution in [0, 0.1) is 6.92 Å². The molecule has 1 aromatic heterocycles. The Kier molecular flexibility index (Phi) is 3.84. The van der Waals surface area contributed by atoms with Crippen LogP contribution in [-0.2, 0) is 0 Å². The van der Waals surface area contributed by atoms with Gasteiger partial charge in [-0.1, -0.05) is 48.5 Å². The average Bonchev–Trinajstić information content (AvgIpc) is 2.53. The Labute approximate surface area is 124 Å². The van der Waals surface area contributed by atoms with Crippen LogP contribution in [0.3, 0.4) is 0 Å². The molecule has 0 spiro atoms. The van der Waals surface area contributed by atoms with Crippen LogP contribution in [-0.4, -0.2) is 16.7 Å². The molecule has 0 saturated heterocycles. The minimum Gasteiger partial charge on any atom is -0.394 e. The van der Waals surface area contributed by atoms with Crippen LogP contribution in [0.15, 0.2) is 60.7 Å². The summed E-state index contributed by atoms with van der Waals surface area (Å²) in [6.07, 6.45) is 0. The first-order valence-corrected chi connectivity index (χ1v) is 7.06. The van der Waals surface area contributed by atoms with Gasteiger partial charge in [-0.2, -0.15) is 0 Å². The molecular formula is C18H18N2O. The van der Waals surface area contributed by atoms with E-state index >= 15 is 0 Å². The van der Waals surface area contributed by atoms with Gasteiger partial charge in [-0.15, -0.1) is 0 Å². The number of nitrogens with one attached hydrogen (secondary N) is 1. The number of hydrogen-bond donors (Lipinski definition) is 2. The van der Waals surface area contributed by atoms with E-state index < -0.39 is 0 Å². The van der Waals surface area contributed by atoms with E-state index in [0.29, 0.717) is 0 Å². The number of pyridine rings is 1. The van der Waals surface area contributed by atoms with Crippen molar-refractivity contribution < 1.29 is 5.11 Å². The first-order valence-electron chi connectivity index (χ1n) is 7.06. The third kappa shape index (κ3) is 2.88. The largest absolute Gasteiger partial charge is 0.394 e. The number of rotatable bonds is 4. The van der Waals surface area contributed by atoms with Gasteiger partial charge in [0.2, 0.25) is 0 Å². The van der Waals surface area contributed by atoms with Crippen molar-refractivity contribution in [2.75, 3.05) is 11.9 Å². The lowest BCUT2D eigenvalue weighted by atomic mass is 10.1. The number of hydrogen-bond acceptors (Lipinski definition) is 3. The fourth-order valence-electron chi connectivity index (χ4n) is 2.53. The number of nitrogens with zero attached hydrogens (tertiary/aromatic N) is 1. The van der Waals surface area contributed by atoms with Gasteiger partial charge in [0.05, 0.1) is 18.2 Å². The van der Waals surface area contributed by atoms with Crippen LogP contribution in [0.4, 0.5) is 5.69 Å². The standard InChI is InChI=1S/C18H18N2O/c1-13-11-17(15-9-5-6-10-16(15)19-13)20-18(12-21)14-7-3-2-4-8-14/h2-11,18,21H,12H2,1H3,(H,19,20). The fraction of sp³-hybridized carbons (Fsp3) is 0.167. The molecule has 0 fully saturated rings. The molecule has 1 heterocycles. The maximum atomic E-state index is 9.70. The number of anilines is 1. The molecular weight excluding hydrogens is 260 g/mol. The number of aryl methyl sites for hydroxylation is 1. The van der Waals surface area contributed by atoms with E-state index in [0.717, 1.165) is 27.8 Å². The molecule has 106 valence electrons. The summed E-state index contributed by atoms with van der Waals surface area (Å²) in [5.74, 6) is 0. The summed E-state index contributed by atoms with van der Waals surface area (Å²) in [7, 11) is 0. The Morgan fingerprint density at radius 2 is 1.76 bits per heavy atom. The van der Waals surface area contributed by atoms with Crippen LogP contribution in [0.25, 0.3) is 10.9 Å². The summed E-state index contributed by atoms with van der Waals surface area (Å²) in [6, 6.07) is 19.9. The fourth-order valence-corrected chi connectivity index (χ4v) is 2.53. The van der Waals surface area contributed by atoms with Crippen LogP contribution in [0.5, 0.6) is 0 Å². The second-order valence-electron chi connectivity index (χ2n) is 5.12. The van der Waals surface area contributed by atoms with Gasteiger partial charge in [0.15, 0.2) is 0 Å². The molecule has 0 saturated carbocycles. The van der Waals surface area contributed by atoms with Crippen molar-refractivity contribution in [1.29, 1.82) is 0 Å². The van der Waals surface area contributed by atoms with E-state index in [1.165, 1.54) is 0 Å². The van der Waals surface area contributed by atoms with Gasteiger partial charge in [-0.3, -0.25) is 4.98 Å². The number of aliphatic hydroxyl groups is 1. The van der Waals surface area contributed by atoms with E-state index in [1.54, 1.807) is 0 Å². The maximum absolute atomic E-state index is 9.70. The van der Waals surface area contributed by atoms with E-state index in [2.05, 4.69) is 10.3 Å². The summed E-state index contributed by atoms with van der Waals surface area (Å²) in [5.41, 5.74) is 3.99. The smallest absolute Gasteiger partial charge is 0.0745 e. The van der Waals surface area contributed by atoms with Crippen molar-refractivity contribution >= 4 is 16.6 Å². The van der Waals surface area contributed by atoms with E-state index in [9.17, 15) is 5.11 Å². The van der Waals surface area contributed by atoms with Gasteiger partial charge < -0.3 is 10.4 Å². The average molecular weight is 278 g/mol. The van der Waals surface area contributed by atoms with Gasteiger partial charge >= 0.3 is 0 Å². The summed E-state index contributed by atoms with van der Waals surface area (Å²) in [5, 5.41) is 14.2. The molecule has 21 heavy (non-hydrogen) atoms.